The topological polar surface area (TPSA) is 79.2 Å². The molecule has 0 radical (unpaired) electrons. The zero-order valence-electron chi connectivity index (χ0n) is 12.9. The second-order valence-electron chi connectivity index (χ2n) is 5.42. The number of thiophene rings is 1. The quantitative estimate of drug-likeness (QED) is 0.848. The van der Waals surface area contributed by atoms with Crippen molar-refractivity contribution in [3.63, 3.8) is 0 Å². The molecule has 0 bridgehead atoms. The largest absolute Gasteiger partial charge is 0.452 e. The first kappa shape index (κ1) is 17.2. The van der Waals surface area contributed by atoms with Crippen molar-refractivity contribution in [1.82, 2.24) is 5.32 Å². The maximum atomic E-state index is 11.9. The van der Waals surface area contributed by atoms with Gasteiger partial charge in [0.15, 0.2) is 6.61 Å². The van der Waals surface area contributed by atoms with Crippen LogP contribution >= 0.6 is 11.3 Å². The molecule has 0 spiro atoms. The smallest absolute Gasteiger partial charge is 0.339 e. The number of carbonyl (C=O) groups excluding carboxylic acids is 2. The first-order chi connectivity index (χ1) is 9.69. The summed E-state index contributed by atoms with van der Waals surface area (Å²) >= 11 is 1.50. The minimum absolute atomic E-state index is 0.0519. The molecule has 6 heteroatoms. The summed E-state index contributed by atoms with van der Waals surface area (Å²) in [5, 5.41) is 11.7. The van der Waals surface area contributed by atoms with E-state index in [0.29, 0.717) is 5.56 Å². The van der Waals surface area contributed by atoms with Crippen LogP contribution in [0.1, 0.15) is 40.9 Å². The summed E-state index contributed by atoms with van der Waals surface area (Å²) in [6.07, 6.45) is 0. The number of ether oxygens (including phenoxy) is 1. The van der Waals surface area contributed by atoms with Gasteiger partial charge in [0.2, 0.25) is 0 Å². The summed E-state index contributed by atoms with van der Waals surface area (Å²) in [5.41, 5.74) is -0.490. The highest BCUT2D eigenvalue weighted by molar-refractivity contribution is 7.12. The average molecular weight is 308 g/mol. The van der Waals surface area contributed by atoms with Crippen molar-refractivity contribution in [2.75, 3.05) is 6.61 Å². The minimum atomic E-state index is -0.974. The van der Waals surface area contributed by atoms with Crippen LogP contribution in [-0.2, 0) is 9.53 Å². The molecule has 0 fully saturated rings. The van der Waals surface area contributed by atoms with Crippen molar-refractivity contribution in [2.24, 2.45) is 5.92 Å². The predicted octanol–water partition coefficient (Wildman–Crippen LogP) is 2.58. The van der Waals surface area contributed by atoms with Gasteiger partial charge in [0.05, 0.1) is 11.6 Å². The summed E-state index contributed by atoms with van der Waals surface area (Å²) in [6.45, 7) is 8.67. The summed E-state index contributed by atoms with van der Waals surface area (Å²) < 4.78 is 5.00. The third-order valence-electron chi connectivity index (χ3n) is 3.38. The van der Waals surface area contributed by atoms with Gasteiger partial charge in [-0.2, -0.15) is 5.26 Å². The maximum Gasteiger partial charge on any atom is 0.339 e. The van der Waals surface area contributed by atoms with Gasteiger partial charge >= 0.3 is 5.97 Å². The Morgan fingerprint density at radius 3 is 2.52 bits per heavy atom. The van der Waals surface area contributed by atoms with Crippen molar-refractivity contribution in [2.45, 2.75) is 40.2 Å². The highest BCUT2D eigenvalue weighted by Gasteiger charge is 2.30. The number of amides is 1. The van der Waals surface area contributed by atoms with Crippen LogP contribution in [0.25, 0.3) is 0 Å². The molecule has 0 saturated carbocycles. The number of nitriles is 1. The lowest BCUT2D eigenvalue weighted by Gasteiger charge is -2.27. The summed E-state index contributed by atoms with van der Waals surface area (Å²) in [6, 6.07) is 3.81. The Kier molecular flexibility index (Phi) is 5.50. The number of rotatable bonds is 5. The molecule has 114 valence electrons. The van der Waals surface area contributed by atoms with Gasteiger partial charge in [0.25, 0.3) is 5.91 Å². The van der Waals surface area contributed by atoms with E-state index in [1.165, 1.54) is 11.3 Å². The number of aryl methyl sites for hydroxylation is 2. The van der Waals surface area contributed by atoms with Crippen molar-refractivity contribution >= 4 is 23.2 Å². The molecular formula is C15H20N2O3S. The number of hydrogen-bond donors (Lipinski definition) is 1. The molecule has 1 amide bonds. The Bertz CT molecular complexity index is 586. The van der Waals surface area contributed by atoms with E-state index in [1.807, 2.05) is 27.7 Å². The van der Waals surface area contributed by atoms with E-state index in [9.17, 15) is 9.59 Å². The van der Waals surface area contributed by atoms with Gasteiger partial charge < -0.3 is 10.1 Å². The number of nitrogens with zero attached hydrogens (tertiary/aromatic N) is 1. The Labute approximate surface area is 128 Å². The molecule has 1 rings (SSSR count). The van der Waals surface area contributed by atoms with Gasteiger partial charge in [-0.1, -0.05) is 13.8 Å². The Morgan fingerprint density at radius 1 is 1.48 bits per heavy atom. The molecule has 21 heavy (non-hydrogen) atoms. The van der Waals surface area contributed by atoms with Crippen LogP contribution in [0.3, 0.4) is 0 Å². The van der Waals surface area contributed by atoms with Crippen molar-refractivity contribution < 1.29 is 14.3 Å². The van der Waals surface area contributed by atoms with Gasteiger partial charge in [0.1, 0.15) is 5.54 Å². The van der Waals surface area contributed by atoms with Crippen LogP contribution < -0.4 is 5.32 Å². The van der Waals surface area contributed by atoms with Gasteiger partial charge in [0, 0.05) is 9.75 Å². The van der Waals surface area contributed by atoms with Crippen LogP contribution in [-0.4, -0.2) is 24.0 Å². The first-order valence-electron chi connectivity index (χ1n) is 6.66. The monoisotopic (exact) mass is 308 g/mol. The molecule has 0 aliphatic carbocycles. The fraction of sp³-hybridized carbons (Fsp3) is 0.533. The van der Waals surface area contributed by atoms with E-state index in [1.54, 1.807) is 13.0 Å². The number of carbonyl (C=O) groups is 2. The van der Waals surface area contributed by atoms with E-state index >= 15 is 0 Å². The summed E-state index contributed by atoms with van der Waals surface area (Å²) in [5.74, 6) is -1.05. The number of esters is 1. The lowest BCUT2D eigenvalue weighted by molar-refractivity contribution is -0.125. The lowest BCUT2D eigenvalue weighted by Crippen LogP contribution is -2.50. The highest BCUT2D eigenvalue weighted by atomic mass is 32.1. The zero-order valence-corrected chi connectivity index (χ0v) is 13.8. The molecule has 1 heterocycles. The fourth-order valence-electron chi connectivity index (χ4n) is 1.67. The molecule has 1 unspecified atom stereocenters. The third-order valence-corrected chi connectivity index (χ3v) is 4.35. The summed E-state index contributed by atoms with van der Waals surface area (Å²) in [4.78, 5) is 25.6. The van der Waals surface area contributed by atoms with Crippen molar-refractivity contribution in [3.8, 4) is 6.07 Å². The molecule has 0 aliphatic rings. The molecular weight excluding hydrogens is 288 g/mol. The first-order valence-corrected chi connectivity index (χ1v) is 7.47. The van der Waals surface area contributed by atoms with Crippen LogP contribution in [0.5, 0.6) is 0 Å². The molecule has 1 N–H and O–H groups in total. The van der Waals surface area contributed by atoms with Crippen molar-refractivity contribution in [3.05, 3.63) is 21.4 Å². The molecule has 1 aromatic heterocycles. The molecule has 5 nitrogen and oxygen atoms in total. The van der Waals surface area contributed by atoms with E-state index in [0.717, 1.165) is 9.75 Å². The van der Waals surface area contributed by atoms with Crippen LogP contribution in [0.15, 0.2) is 6.07 Å². The van der Waals surface area contributed by atoms with Gasteiger partial charge in [-0.15, -0.1) is 11.3 Å². The molecule has 0 saturated heterocycles. The lowest BCUT2D eigenvalue weighted by atomic mass is 9.90. The van der Waals surface area contributed by atoms with Gasteiger partial charge in [-0.05, 0) is 32.8 Å². The zero-order chi connectivity index (χ0) is 16.2. The number of hydrogen-bond acceptors (Lipinski definition) is 5. The van der Waals surface area contributed by atoms with E-state index in [4.69, 9.17) is 10.00 Å². The molecule has 0 aliphatic heterocycles. The normalized spacial score (nSPS) is 13.4. The molecule has 1 aromatic rings. The van der Waals surface area contributed by atoms with Crippen LogP contribution in [0, 0.1) is 31.1 Å². The van der Waals surface area contributed by atoms with E-state index in [-0.39, 0.29) is 5.92 Å². The maximum absolute atomic E-state index is 11.9. The highest BCUT2D eigenvalue weighted by Crippen LogP contribution is 2.21. The van der Waals surface area contributed by atoms with E-state index < -0.39 is 24.0 Å². The average Bonchev–Trinajstić information content (AvgIpc) is 2.74. The Morgan fingerprint density at radius 2 is 2.10 bits per heavy atom. The third kappa shape index (κ3) is 4.30. The van der Waals surface area contributed by atoms with Gasteiger partial charge in [-0.25, -0.2) is 4.79 Å². The molecule has 1 atom stereocenters. The second kappa shape index (κ2) is 6.72. The predicted molar refractivity (Wildman–Crippen MR) is 81.1 cm³/mol. The standard InChI is InChI=1S/C15H20N2O3S/c1-9(2)15(5,8-16)17-13(18)7-20-14(19)12-6-10(3)21-11(12)4/h6,9H,7H2,1-5H3,(H,17,18). The van der Waals surface area contributed by atoms with Crippen molar-refractivity contribution in [1.29, 1.82) is 5.26 Å². The minimum Gasteiger partial charge on any atom is -0.452 e. The second-order valence-corrected chi connectivity index (χ2v) is 6.88. The fourth-order valence-corrected chi connectivity index (χ4v) is 2.58. The van der Waals surface area contributed by atoms with E-state index in [2.05, 4.69) is 11.4 Å². The number of nitrogens with one attached hydrogen (secondary N) is 1. The van der Waals surface area contributed by atoms with Gasteiger partial charge in [-0.3, -0.25) is 4.79 Å². The summed E-state index contributed by atoms with van der Waals surface area (Å²) in [7, 11) is 0. The Hall–Kier alpha value is -1.87. The van der Waals surface area contributed by atoms with Crippen LogP contribution in [0.4, 0.5) is 0 Å². The van der Waals surface area contributed by atoms with Crippen LogP contribution in [0.2, 0.25) is 0 Å². The SMILES string of the molecule is Cc1cc(C(=O)OCC(=O)NC(C)(C#N)C(C)C)c(C)s1. The Balaban J connectivity index is 2.60. The molecule has 0 aromatic carbocycles.